The van der Waals surface area contributed by atoms with Crippen LogP contribution in [0.5, 0.6) is 11.8 Å². The number of hydrogen-bond donors (Lipinski definition) is 1. The molecule has 0 saturated heterocycles. The van der Waals surface area contributed by atoms with Crippen LogP contribution in [0.3, 0.4) is 0 Å². The highest BCUT2D eigenvalue weighted by molar-refractivity contribution is 6.28. The van der Waals surface area contributed by atoms with Gasteiger partial charge in [0.2, 0.25) is 11.2 Å². The Morgan fingerprint density at radius 1 is 1.19 bits per heavy atom. The van der Waals surface area contributed by atoms with E-state index in [1.165, 1.54) is 5.56 Å². The molecule has 2 rings (SSSR count). The summed E-state index contributed by atoms with van der Waals surface area (Å²) in [4.78, 5) is 12.1. The molecule has 0 atom stereocenters. The molecule has 0 aliphatic carbocycles. The molecule has 1 aromatic heterocycles. The van der Waals surface area contributed by atoms with Crippen molar-refractivity contribution in [3.8, 4) is 11.8 Å². The molecule has 1 N–H and O–H groups in total. The molecule has 2 aromatic rings. The van der Waals surface area contributed by atoms with E-state index in [4.69, 9.17) is 16.3 Å². The fourth-order valence-electron chi connectivity index (χ4n) is 1.75. The molecule has 1 heterocycles. The van der Waals surface area contributed by atoms with Crippen LogP contribution in [0.1, 0.15) is 33.3 Å². The van der Waals surface area contributed by atoms with Crippen LogP contribution in [0.4, 0.5) is 5.95 Å². The van der Waals surface area contributed by atoms with Crippen molar-refractivity contribution < 1.29 is 4.74 Å². The van der Waals surface area contributed by atoms with Gasteiger partial charge in [-0.2, -0.15) is 15.0 Å². The van der Waals surface area contributed by atoms with Gasteiger partial charge in [0.15, 0.2) is 0 Å². The largest absolute Gasteiger partial charge is 0.424 e. The Bertz CT molecular complexity index is 625. The number of nitrogens with one attached hydrogen (secondary N) is 1. The average molecular weight is 307 g/mol. The van der Waals surface area contributed by atoms with Crippen LogP contribution in [0.2, 0.25) is 5.28 Å². The Hall–Kier alpha value is -1.88. The predicted molar refractivity (Wildman–Crippen MR) is 84.2 cm³/mol. The number of halogens is 1. The summed E-state index contributed by atoms with van der Waals surface area (Å²) in [6.45, 7) is 9.09. The zero-order valence-corrected chi connectivity index (χ0v) is 13.4. The Kier molecular flexibility index (Phi) is 4.63. The summed E-state index contributed by atoms with van der Waals surface area (Å²) < 4.78 is 5.70. The zero-order chi connectivity index (χ0) is 15.5. The molecule has 0 amide bonds. The first kappa shape index (κ1) is 15.5. The van der Waals surface area contributed by atoms with Crippen molar-refractivity contribution >= 4 is 17.5 Å². The van der Waals surface area contributed by atoms with Crippen LogP contribution < -0.4 is 10.1 Å². The molecule has 0 unspecified atom stereocenters. The minimum Gasteiger partial charge on any atom is -0.424 e. The molecule has 0 fully saturated rings. The number of hydrogen-bond acceptors (Lipinski definition) is 5. The van der Waals surface area contributed by atoms with Gasteiger partial charge in [-0.25, -0.2) is 0 Å². The van der Waals surface area contributed by atoms with Gasteiger partial charge in [-0.15, -0.1) is 0 Å². The smallest absolute Gasteiger partial charge is 0.328 e. The van der Waals surface area contributed by atoms with Crippen molar-refractivity contribution in [3.63, 3.8) is 0 Å². The molecule has 112 valence electrons. The van der Waals surface area contributed by atoms with Crippen LogP contribution in [-0.2, 0) is 5.41 Å². The van der Waals surface area contributed by atoms with Crippen LogP contribution in [0, 0.1) is 0 Å². The van der Waals surface area contributed by atoms with E-state index in [1.54, 1.807) is 0 Å². The summed E-state index contributed by atoms with van der Waals surface area (Å²) >= 11 is 5.87. The maximum Gasteiger partial charge on any atom is 0.328 e. The quantitative estimate of drug-likeness (QED) is 0.923. The Labute approximate surface area is 129 Å². The topological polar surface area (TPSA) is 59.9 Å². The summed E-state index contributed by atoms with van der Waals surface area (Å²) in [6, 6.07) is 8.03. The van der Waals surface area contributed by atoms with E-state index in [9.17, 15) is 0 Å². The lowest BCUT2D eigenvalue weighted by Gasteiger charge is -2.19. The van der Waals surface area contributed by atoms with E-state index >= 15 is 0 Å². The van der Waals surface area contributed by atoms with Crippen molar-refractivity contribution in [1.29, 1.82) is 0 Å². The second-order valence-corrected chi connectivity index (χ2v) is 5.96. The van der Waals surface area contributed by atoms with E-state index in [0.717, 1.165) is 0 Å². The lowest BCUT2D eigenvalue weighted by molar-refractivity contribution is 0.438. The molecular weight excluding hydrogens is 288 g/mol. The van der Waals surface area contributed by atoms with Crippen LogP contribution >= 0.6 is 11.6 Å². The average Bonchev–Trinajstić information content (AvgIpc) is 2.37. The third kappa shape index (κ3) is 4.29. The monoisotopic (exact) mass is 306 g/mol. The second kappa shape index (κ2) is 6.26. The lowest BCUT2D eigenvalue weighted by Crippen LogP contribution is -2.10. The molecule has 0 bridgehead atoms. The lowest BCUT2D eigenvalue weighted by atomic mass is 9.87. The van der Waals surface area contributed by atoms with Crippen molar-refractivity contribution in [2.24, 2.45) is 0 Å². The minimum atomic E-state index is 0.0467. The molecule has 6 heteroatoms. The summed E-state index contributed by atoms with van der Waals surface area (Å²) in [5, 5.41) is 3.08. The van der Waals surface area contributed by atoms with E-state index < -0.39 is 0 Å². The summed E-state index contributed by atoms with van der Waals surface area (Å²) in [5.41, 5.74) is 1.22. The fraction of sp³-hybridized carbons (Fsp3) is 0.400. The molecule has 0 radical (unpaired) electrons. The van der Waals surface area contributed by atoms with Crippen molar-refractivity contribution in [2.45, 2.75) is 33.1 Å². The molecule has 0 aliphatic heterocycles. The molecule has 0 aliphatic rings. The Morgan fingerprint density at radius 2 is 1.95 bits per heavy atom. The summed E-state index contributed by atoms with van der Waals surface area (Å²) in [6.07, 6.45) is 0. The highest BCUT2D eigenvalue weighted by Gasteiger charge is 2.14. The third-order valence-corrected chi connectivity index (χ3v) is 3.00. The number of rotatable bonds is 4. The number of nitrogens with zero attached hydrogens (tertiary/aromatic N) is 3. The first-order valence-corrected chi connectivity index (χ1v) is 7.20. The van der Waals surface area contributed by atoms with Gasteiger partial charge >= 0.3 is 6.01 Å². The van der Waals surface area contributed by atoms with Gasteiger partial charge in [-0.1, -0.05) is 32.9 Å². The van der Waals surface area contributed by atoms with E-state index in [1.807, 2.05) is 25.1 Å². The van der Waals surface area contributed by atoms with Crippen LogP contribution in [0.15, 0.2) is 24.3 Å². The van der Waals surface area contributed by atoms with E-state index in [0.29, 0.717) is 18.2 Å². The maximum atomic E-state index is 5.87. The van der Waals surface area contributed by atoms with Crippen molar-refractivity contribution in [3.05, 3.63) is 35.1 Å². The SMILES string of the molecule is CCNc1nc(Cl)nc(Oc2cccc(C(C)(C)C)c2)n1. The molecule has 21 heavy (non-hydrogen) atoms. The van der Waals surface area contributed by atoms with Gasteiger partial charge in [0, 0.05) is 6.54 Å². The fourth-order valence-corrected chi connectivity index (χ4v) is 1.90. The molecule has 0 saturated carbocycles. The van der Waals surface area contributed by atoms with Gasteiger partial charge in [0.25, 0.3) is 0 Å². The summed E-state index contributed by atoms with van der Waals surface area (Å²) in [7, 11) is 0. The third-order valence-electron chi connectivity index (χ3n) is 2.83. The van der Waals surface area contributed by atoms with Crippen molar-refractivity contribution in [2.75, 3.05) is 11.9 Å². The Balaban J connectivity index is 2.26. The predicted octanol–water partition coefficient (Wildman–Crippen LogP) is 4.05. The van der Waals surface area contributed by atoms with Crippen LogP contribution in [-0.4, -0.2) is 21.5 Å². The molecule has 5 nitrogen and oxygen atoms in total. The first-order valence-electron chi connectivity index (χ1n) is 6.82. The van der Waals surface area contributed by atoms with Gasteiger partial charge in [0.05, 0.1) is 0 Å². The number of aromatic nitrogens is 3. The zero-order valence-electron chi connectivity index (χ0n) is 12.6. The normalized spacial score (nSPS) is 11.3. The number of anilines is 1. The van der Waals surface area contributed by atoms with Gasteiger partial charge in [-0.3, -0.25) is 0 Å². The number of ether oxygens (including phenoxy) is 1. The van der Waals surface area contributed by atoms with E-state index in [2.05, 4.69) is 47.1 Å². The highest BCUT2D eigenvalue weighted by atomic mass is 35.5. The molecule has 1 aromatic carbocycles. The van der Waals surface area contributed by atoms with Gasteiger partial charge in [0.1, 0.15) is 5.75 Å². The highest BCUT2D eigenvalue weighted by Crippen LogP contribution is 2.27. The van der Waals surface area contributed by atoms with Crippen molar-refractivity contribution in [1.82, 2.24) is 15.0 Å². The van der Waals surface area contributed by atoms with Gasteiger partial charge in [-0.05, 0) is 41.6 Å². The summed E-state index contributed by atoms with van der Waals surface area (Å²) in [5.74, 6) is 1.08. The first-order chi connectivity index (χ1) is 9.88. The second-order valence-electron chi connectivity index (χ2n) is 5.62. The molecule has 0 spiro atoms. The standard InChI is InChI=1S/C15H19ClN4O/c1-5-17-13-18-12(16)19-14(20-13)21-11-8-6-7-10(9-11)15(2,3)4/h6-9H,5H2,1-4H3,(H,17,18,19,20). The minimum absolute atomic E-state index is 0.0467. The van der Waals surface area contributed by atoms with Crippen LogP contribution in [0.25, 0.3) is 0 Å². The maximum absolute atomic E-state index is 5.87. The number of benzene rings is 1. The Morgan fingerprint density at radius 3 is 2.62 bits per heavy atom. The van der Waals surface area contributed by atoms with E-state index in [-0.39, 0.29) is 16.7 Å². The molecular formula is C15H19ClN4O. The van der Waals surface area contributed by atoms with Gasteiger partial charge < -0.3 is 10.1 Å².